The van der Waals surface area contributed by atoms with Crippen LogP contribution >= 0.6 is 0 Å². The highest BCUT2D eigenvalue weighted by molar-refractivity contribution is 5.94. The number of hydrogen-bond donors (Lipinski definition) is 1. The van der Waals surface area contributed by atoms with E-state index in [0.717, 1.165) is 41.8 Å². The normalized spacial score (nSPS) is 19.6. The Morgan fingerprint density at radius 1 is 1.14 bits per heavy atom. The Kier molecular flexibility index (Phi) is 9.27. The van der Waals surface area contributed by atoms with E-state index >= 15 is 0 Å². The van der Waals surface area contributed by atoms with Crippen LogP contribution in [0.4, 0.5) is 5.69 Å². The zero-order valence-electron chi connectivity index (χ0n) is 24.6. The van der Waals surface area contributed by atoms with E-state index in [1.807, 2.05) is 70.2 Å². The van der Waals surface area contributed by atoms with Crippen molar-refractivity contribution in [2.75, 3.05) is 44.9 Å². The van der Waals surface area contributed by atoms with Crippen molar-refractivity contribution in [1.82, 2.24) is 4.90 Å². The van der Waals surface area contributed by atoms with E-state index in [9.17, 15) is 14.7 Å². The predicted octanol–water partition coefficient (Wildman–Crippen LogP) is 3.84. The Morgan fingerprint density at radius 2 is 1.95 bits per heavy atom. The van der Waals surface area contributed by atoms with Gasteiger partial charge in [-0.15, -0.1) is 0 Å². The molecule has 222 valence electrons. The molecule has 0 spiro atoms. The first-order chi connectivity index (χ1) is 20.4. The Labute approximate surface area is 247 Å². The molecule has 42 heavy (non-hydrogen) atoms. The van der Waals surface area contributed by atoms with Crippen molar-refractivity contribution in [1.29, 1.82) is 0 Å². The zero-order chi connectivity index (χ0) is 29.6. The molecule has 9 nitrogen and oxygen atoms in total. The van der Waals surface area contributed by atoms with E-state index in [0.29, 0.717) is 31.2 Å². The van der Waals surface area contributed by atoms with Crippen molar-refractivity contribution in [3.63, 3.8) is 0 Å². The van der Waals surface area contributed by atoms with Gasteiger partial charge in [0, 0.05) is 31.5 Å². The van der Waals surface area contributed by atoms with E-state index in [-0.39, 0.29) is 25.0 Å². The lowest BCUT2D eigenvalue weighted by Gasteiger charge is -2.29. The van der Waals surface area contributed by atoms with Gasteiger partial charge in [-0.3, -0.25) is 14.5 Å². The summed E-state index contributed by atoms with van der Waals surface area (Å²) < 4.78 is 19.3. The molecule has 1 N–H and O–H groups in total. The number of ether oxygens (including phenoxy) is 3. The van der Waals surface area contributed by atoms with Gasteiger partial charge in [0.1, 0.15) is 25.1 Å². The van der Waals surface area contributed by atoms with Gasteiger partial charge in [-0.1, -0.05) is 37.6 Å². The van der Waals surface area contributed by atoms with Crippen LogP contribution in [0.5, 0.6) is 17.2 Å². The number of unbranched alkanes of at least 4 members (excludes halogenated alkanes) is 1. The summed E-state index contributed by atoms with van der Waals surface area (Å²) in [7, 11) is 3.51. The molecule has 5 rings (SSSR count). The van der Waals surface area contributed by atoms with E-state index in [1.165, 1.54) is 0 Å². The van der Waals surface area contributed by atoms with Crippen molar-refractivity contribution >= 4 is 17.6 Å². The molecule has 1 aromatic heterocycles. The second kappa shape index (κ2) is 13.2. The number of pyridine rings is 1. The van der Waals surface area contributed by atoms with Crippen LogP contribution < -0.4 is 23.7 Å². The summed E-state index contributed by atoms with van der Waals surface area (Å²) in [5.74, 6) is -0.0908. The molecule has 2 aliphatic heterocycles. The number of carboxylic acids is 1. The molecule has 0 saturated carbocycles. The fraction of sp³-hybridized carbons (Fsp3) is 0.424. The van der Waals surface area contributed by atoms with Gasteiger partial charge in [-0.25, -0.2) is 4.57 Å². The van der Waals surface area contributed by atoms with Crippen LogP contribution in [-0.4, -0.2) is 67.9 Å². The van der Waals surface area contributed by atoms with Gasteiger partial charge in [0.25, 0.3) is 0 Å². The van der Waals surface area contributed by atoms with Gasteiger partial charge in [0.15, 0.2) is 23.9 Å². The number of aromatic nitrogens is 1. The molecule has 3 aromatic rings. The topological polar surface area (TPSA) is 92.4 Å². The van der Waals surface area contributed by atoms with Gasteiger partial charge in [0.05, 0.1) is 32.2 Å². The van der Waals surface area contributed by atoms with Crippen molar-refractivity contribution in [2.45, 2.75) is 38.1 Å². The summed E-state index contributed by atoms with van der Waals surface area (Å²) in [6, 6.07) is 16.6. The Bertz CT molecular complexity index is 1410. The van der Waals surface area contributed by atoms with Gasteiger partial charge in [0.2, 0.25) is 5.91 Å². The van der Waals surface area contributed by atoms with Crippen LogP contribution in [0.2, 0.25) is 0 Å². The monoisotopic (exact) mass is 574 g/mol. The number of likely N-dealkylation sites (tertiary alicyclic amines) is 1. The highest BCUT2D eigenvalue weighted by Crippen LogP contribution is 2.40. The molecule has 1 amide bonds. The van der Waals surface area contributed by atoms with Crippen LogP contribution in [0.25, 0.3) is 0 Å². The van der Waals surface area contributed by atoms with Gasteiger partial charge < -0.3 is 24.2 Å². The maximum Gasteiger partial charge on any atom is 0.308 e. The maximum absolute atomic E-state index is 14.0. The number of methoxy groups -OCH3 is 1. The highest BCUT2D eigenvalue weighted by Gasteiger charge is 2.48. The van der Waals surface area contributed by atoms with Crippen LogP contribution in [0.15, 0.2) is 67.0 Å². The van der Waals surface area contributed by atoms with E-state index in [2.05, 4.69) is 13.0 Å². The number of carbonyl (C=O) groups excluding carboxylic acids is 1. The number of carbonyl (C=O) groups is 2. The molecule has 0 bridgehead atoms. The zero-order valence-corrected chi connectivity index (χ0v) is 24.6. The van der Waals surface area contributed by atoms with Crippen molar-refractivity contribution in [2.24, 2.45) is 13.0 Å². The largest absolute Gasteiger partial charge is 0.493 e. The summed E-state index contributed by atoms with van der Waals surface area (Å²) in [5.41, 5.74) is 2.86. The minimum Gasteiger partial charge on any atom is -0.493 e. The van der Waals surface area contributed by atoms with Crippen molar-refractivity contribution in [3.8, 4) is 17.2 Å². The fourth-order valence-electron chi connectivity index (χ4n) is 6.09. The molecule has 1 unspecified atom stereocenters. The third-order valence-corrected chi connectivity index (χ3v) is 8.26. The predicted molar refractivity (Wildman–Crippen MR) is 158 cm³/mol. The van der Waals surface area contributed by atoms with Crippen LogP contribution in [0.1, 0.15) is 36.8 Å². The van der Waals surface area contributed by atoms with Crippen molar-refractivity contribution < 1.29 is 33.5 Å². The van der Waals surface area contributed by atoms with Gasteiger partial charge in [-0.05, 0) is 41.8 Å². The number of amides is 1. The number of fused-ring (bicyclic) bond motifs is 1. The average Bonchev–Trinajstić information content (AvgIpc) is 3.60. The number of rotatable bonds is 12. The lowest BCUT2D eigenvalue weighted by molar-refractivity contribution is -0.670. The molecule has 1 fully saturated rings. The number of aryl methyl sites for hydroxylation is 1. The lowest BCUT2D eigenvalue weighted by Crippen LogP contribution is -2.47. The number of nitrogens with zero attached hydrogens (tertiary/aromatic N) is 3. The third kappa shape index (κ3) is 6.36. The summed E-state index contributed by atoms with van der Waals surface area (Å²) in [4.78, 5) is 30.7. The molecule has 0 radical (unpaired) electrons. The standard InChI is InChI=1S/C33H39N3O6/c1-4-5-16-36(25-9-8-15-34(2)19-25)31(37)21-35-20-26(23-12-13-28-24(18-23)14-17-41-28)32(33(38)39)27(35)22-42-30-11-7-6-10-29(30)40-3/h6-13,15,18-19,26-27,32H,4-5,14,16-17,20-22H2,1-3H3/p+1/t26-,27+,32?/m1/s1. The number of aliphatic carboxylic acids is 1. The SMILES string of the molecule is CCCCN(C(=O)CN1C[C@H](c2ccc3c(c2)CCO3)C(C(=O)O)[C@@H]1COc1ccccc1OC)c1ccc[n+](C)c1. The highest BCUT2D eigenvalue weighted by atomic mass is 16.5. The fourth-order valence-corrected chi connectivity index (χ4v) is 6.09. The number of hydrogen-bond acceptors (Lipinski definition) is 6. The second-order valence-electron chi connectivity index (χ2n) is 11.0. The number of benzene rings is 2. The van der Waals surface area contributed by atoms with Gasteiger partial charge in [-0.2, -0.15) is 0 Å². The molecule has 3 atom stereocenters. The molecule has 0 aliphatic carbocycles. The maximum atomic E-state index is 14.0. The van der Waals surface area contributed by atoms with Crippen LogP contribution in [-0.2, 0) is 23.1 Å². The molecular formula is C33H40N3O6+. The molecule has 3 heterocycles. The summed E-state index contributed by atoms with van der Waals surface area (Å²) in [6.07, 6.45) is 6.49. The Morgan fingerprint density at radius 3 is 2.69 bits per heavy atom. The molecule has 9 heteroatoms. The number of anilines is 1. The van der Waals surface area contributed by atoms with Gasteiger partial charge >= 0.3 is 5.97 Å². The Balaban J connectivity index is 1.46. The quantitative estimate of drug-likeness (QED) is 0.329. The minimum absolute atomic E-state index is 0.0657. The first-order valence-electron chi connectivity index (χ1n) is 14.6. The molecule has 1 saturated heterocycles. The lowest BCUT2D eigenvalue weighted by atomic mass is 9.84. The molecule has 2 aromatic carbocycles. The first kappa shape index (κ1) is 29.4. The van der Waals surface area contributed by atoms with Crippen LogP contribution in [0, 0.1) is 5.92 Å². The second-order valence-corrected chi connectivity index (χ2v) is 11.0. The van der Waals surface area contributed by atoms with E-state index in [4.69, 9.17) is 14.2 Å². The summed E-state index contributed by atoms with van der Waals surface area (Å²) >= 11 is 0. The molecule has 2 aliphatic rings. The Hall–Kier alpha value is -4.11. The van der Waals surface area contributed by atoms with Crippen molar-refractivity contribution in [3.05, 3.63) is 78.1 Å². The van der Waals surface area contributed by atoms with E-state index < -0.39 is 17.9 Å². The minimum atomic E-state index is -0.904. The van der Waals surface area contributed by atoms with E-state index in [1.54, 1.807) is 19.2 Å². The average molecular weight is 575 g/mol. The number of carboxylic acid groups (broad SMARTS) is 1. The third-order valence-electron chi connectivity index (χ3n) is 8.26. The first-order valence-corrected chi connectivity index (χ1v) is 14.6. The summed E-state index contributed by atoms with van der Waals surface area (Å²) in [5, 5.41) is 10.6. The number of para-hydroxylation sites is 2. The summed E-state index contributed by atoms with van der Waals surface area (Å²) in [6.45, 7) is 3.93. The molecular weight excluding hydrogens is 534 g/mol. The van der Waals surface area contributed by atoms with Crippen LogP contribution in [0.3, 0.4) is 0 Å². The smallest absolute Gasteiger partial charge is 0.308 e.